The van der Waals surface area contributed by atoms with Crippen LogP contribution in [0, 0.1) is 0 Å². The fourth-order valence-electron chi connectivity index (χ4n) is 3.57. The highest BCUT2D eigenvalue weighted by atomic mass is 32.2. The molecule has 0 radical (unpaired) electrons. The maximum absolute atomic E-state index is 13.1. The lowest BCUT2D eigenvalue weighted by Crippen LogP contribution is -2.51. The highest BCUT2D eigenvalue weighted by Gasteiger charge is 2.39. The Morgan fingerprint density at radius 3 is 1.62 bits per heavy atom. The molecule has 0 spiro atoms. The Labute approximate surface area is 248 Å². The Hall–Kier alpha value is -3.19. The van der Waals surface area contributed by atoms with E-state index in [9.17, 15) is 32.7 Å². The van der Waals surface area contributed by atoms with E-state index in [1.165, 1.54) is 19.1 Å². The summed E-state index contributed by atoms with van der Waals surface area (Å²) in [7, 11) is -4.37. The number of ketones is 1. The molecular formula is C29H45NO11S. The molecule has 1 unspecified atom stereocenters. The highest BCUT2D eigenvalue weighted by Crippen LogP contribution is 2.25. The molecule has 0 aliphatic carbocycles. The molecule has 0 fully saturated rings. The number of phenolic OH excluding ortho intramolecular Hbond substituents is 1. The third kappa shape index (κ3) is 13.6. The van der Waals surface area contributed by atoms with Crippen LogP contribution in [-0.2, 0) is 38.1 Å². The zero-order chi connectivity index (χ0) is 32.7. The van der Waals surface area contributed by atoms with Crippen molar-refractivity contribution in [2.45, 2.75) is 129 Å². The fraction of sp³-hybridized carbons (Fsp3) is 0.655. The van der Waals surface area contributed by atoms with Gasteiger partial charge in [-0.3, -0.25) is 13.8 Å². The first-order valence-corrected chi connectivity index (χ1v) is 15.0. The van der Waals surface area contributed by atoms with Crippen molar-refractivity contribution in [3.05, 3.63) is 24.3 Å². The van der Waals surface area contributed by atoms with Gasteiger partial charge in [0.05, 0.1) is 11.0 Å². The Morgan fingerprint density at radius 2 is 1.21 bits per heavy atom. The van der Waals surface area contributed by atoms with Crippen molar-refractivity contribution in [1.82, 2.24) is 4.90 Å². The van der Waals surface area contributed by atoms with Gasteiger partial charge >= 0.3 is 18.2 Å². The van der Waals surface area contributed by atoms with Gasteiger partial charge in [-0.15, -0.1) is 0 Å². The normalized spacial score (nSPS) is 14.0. The summed E-state index contributed by atoms with van der Waals surface area (Å²) in [6, 6.07) is 3.27. The summed E-state index contributed by atoms with van der Waals surface area (Å²) < 4.78 is 47.6. The van der Waals surface area contributed by atoms with Gasteiger partial charge in [-0.2, -0.15) is 8.42 Å². The maximum Gasteiger partial charge on any atom is 0.420 e. The van der Waals surface area contributed by atoms with Crippen molar-refractivity contribution in [3.63, 3.8) is 0 Å². The molecule has 0 aliphatic rings. The largest absolute Gasteiger partial charge is 0.508 e. The molecule has 2 amide bonds. The number of carbonyl (C=O) groups is 4. The van der Waals surface area contributed by atoms with E-state index in [0.29, 0.717) is 4.90 Å². The molecular weight excluding hydrogens is 570 g/mol. The molecule has 0 aliphatic heterocycles. The zero-order valence-electron chi connectivity index (χ0n) is 26.2. The van der Waals surface area contributed by atoms with Crippen molar-refractivity contribution < 1.29 is 51.1 Å². The number of amides is 2. The van der Waals surface area contributed by atoms with E-state index in [0.717, 1.165) is 12.1 Å². The summed E-state index contributed by atoms with van der Waals surface area (Å²) in [5.74, 6) is -1.33. The van der Waals surface area contributed by atoms with Gasteiger partial charge in [-0.25, -0.2) is 14.5 Å². The number of ether oxygens (including phenoxy) is 3. The number of rotatable bonds is 11. The molecule has 238 valence electrons. The molecule has 13 heteroatoms. The van der Waals surface area contributed by atoms with Crippen molar-refractivity contribution in [2.75, 3.05) is 0 Å². The Bertz CT molecular complexity index is 1180. The lowest BCUT2D eigenvalue weighted by Gasteiger charge is -2.33. The predicted octanol–water partition coefficient (Wildman–Crippen LogP) is 5.50. The number of imide groups is 1. The molecule has 0 saturated carbocycles. The van der Waals surface area contributed by atoms with Gasteiger partial charge < -0.3 is 19.3 Å². The summed E-state index contributed by atoms with van der Waals surface area (Å²) in [5.41, 5.74) is -2.78. The van der Waals surface area contributed by atoms with E-state index in [-0.39, 0.29) is 36.3 Å². The van der Waals surface area contributed by atoms with Crippen molar-refractivity contribution in [2.24, 2.45) is 0 Å². The minimum absolute atomic E-state index is 0.115. The Kier molecular flexibility index (Phi) is 12.6. The number of hydrogen-bond donors (Lipinski definition) is 1. The third-order valence-corrected chi connectivity index (χ3v) is 6.58. The van der Waals surface area contributed by atoms with E-state index in [1.54, 1.807) is 62.3 Å². The minimum atomic E-state index is -4.37. The highest BCUT2D eigenvalue weighted by molar-refractivity contribution is 7.86. The van der Waals surface area contributed by atoms with E-state index in [1.807, 2.05) is 0 Å². The molecule has 1 aromatic rings. The molecule has 12 nitrogen and oxygen atoms in total. The second-order valence-corrected chi connectivity index (χ2v) is 14.4. The second kappa shape index (κ2) is 14.3. The molecule has 1 rings (SSSR count). The van der Waals surface area contributed by atoms with Gasteiger partial charge in [0.15, 0.2) is 5.78 Å². The first kappa shape index (κ1) is 36.8. The number of Topliss-reactive ketones (excluding diaryl/α,β-unsaturated/α-hetero) is 1. The summed E-state index contributed by atoms with van der Waals surface area (Å²) >= 11 is 0. The maximum atomic E-state index is 13.1. The minimum Gasteiger partial charge on any atom is -0.508 e. The van der Waals surface area contributed by atoms with Crippen LogP contribution in [0.4, 0.5) is 9.59 Å². The SMILES string of the molecule is CC(=O)[C@H](CCC(CCC(=O)OC(C)(C)C)OS(=O)(=O)c1ccc(O)cc1)N(C(=O)OC(C)(C)C)C(=O)OC(C)(C)C. The molecule has 0 saturated heterocycles. The zero-order valence-corrected chi connectivity index (χ0v) is 27.0. The number of nitrogens with zero attached hydrogens (tertiary/aromatic N) is 1. The quantitative estimate of drug-likeness (QED) is 0.190. The second-order valence-electron chi connectivity index (χ2n) is 12.8. The molecule has 0 heterocycles. The van der Waals surface area contributed by atoms with Crippen LogP contribution in [0.25, 0.3) is 0 Å². The van der Waals surface area contributed by atoms with Gasteiger partial charge in [0.2, 0.25) is 0 Å². The van der Waals surface area contributed by atoms with E-state index in [4.69, 9.17) is 18.4 Å². The van der Waals surface area contributed by atoms with E-state index < -0.39 is 63.0 Å². The lowest BCUT2D eigenvalue weighted by molar-refractivity contribution is -0.155. The van der Waals surface area contributed by atoms with Crippen LogP contribution < -0.4 is 0 Å². The van der Waals surface area contributed by atoms with Crippen LogP contribution in [0.2, 0.25) is 0 Å². The summed E-state index contributed by atoms with van der Waals surface area (Å²) in [6.45, 7) is 15.8. The van der Waals surface area contributed by atoms with Gasteiger partial charge in [0.25, 0.3) is 10.1 Å². The average molecular weight is 616 g/mol. The molecule has 1 aromatic carbocycles. The number of benzene rings is 1. The van der Waals surface area contributed by atoms with Gasteiger partial charge in [-0.1, -0.05) is 0 Å². The van der Waals surface area contributed by atoms with E-state index in [2.05, 4.69) is 0 Å². The number of phenols is 1. The molecule has 0 aromatic heterocycles. The van der Waals surface area contributed by atoms with Crippen molar-refractivity contribution in [3.8, 4) is 5.75 Å². The average Bonchev–Trinajstić information content (AvgIpc) is 2.76. The van der Waals surface area contributed by atoms with Gasteiger partial charge in [-0.05, 0) is 113 Å². The number of aromatic hydroxyl groups is 1. The Balaban J connectivity index is 3.35. The van der Waals surface area contributed by atoms with Crippen LogP contribution >= 0.6 is 0 Å². The standard InChI is InChI=1S/C29H45NO11S/c1-19(31)23(30(25(34)39-28(5,6)7)26(35)40-29(8,9)10)17-13-21(14-18-24(33)38-27(2,3)4)41-42(36,37)22-15-11-20(32)12-16-22/h11-12,15-16,21,23,32H,13-14,17-18H2,1-10H3/t21?,23-/m0/s1. The van der Waals surface area contributed by atoms with Crippen LogP contribution in [0.5, 0.6) is 5.75 Å². The predicted molar refractivity (Wildman–Crippen MR) is 153 cm³/mol. The van der Waals surface area contributed by atoms with Gasteiger partial charge in [0, 0.05) is 6.42 Å². The van der Waals surface area contributed by atoms with Crippen LogP contribution in [0.1, 0.15) is 94.9 Å². The van der Waals surface area contributed by atoms with Crippen molar-refractivity contribution >= 4 is 34.1 Å². The lowest BCUT2D eigenvalue weighted by atomic mass is 10.0. The Morgan fingerprint density at radius 1 is 0.762 bits per heavy atom. The van der Waals surface area contributed by atoms with Crippen LogP contribution in [-0.4, -0.2) is 71.3 Å². The number of hydrogen-bond acceptors (Lipinski definition) is 11. The summed E-state index contributed by atoms with van der Waals surface area (Å²) in [5, 5.41) is 9.52. The monoisotopic (exact) mass is 615 g/mol. The summed E-state index contributed by atoms with van der Waals surface area (Å²) in [6.07, 6.45) is -4.09. The first-order valence-electron chi connectivity index (χ1n) is 13.6. The fourth-order valence-corrected chi connectivity index (χ4v) is 4.70. The smallest absolute Gasteiger partial charge is 0.420 e. The van der Waals surface area contributed by atoms with Crippen LogP contribution in [0.3, 0.4) is 0 Å². The number of esters is 1. The van der Waals surface area contributed by atoms with Crippen LogP contribution in [0.15, 0.2) is 29.2 Å². The van der Waals surface area contributed by atoms with E-state index >= 15 is 0 Å². The van der Waals surface area contributed by atoms with Crippen molar-refractivity contribution in [1.29, 1.82) is 0 Å². The third-order valence-electron chi connectivity index (χ3n) is 5.20. The molecule has 42 heavy (non-hydrogen) atoms. The first-order chi connectivity index (χ1) is 18.9. The van der Waals surface area contributed by atoms with Gasteiger partial charge in [0.1, 0.15) is 28.6 Å². The summed E-state index contributed by atoms with van der Waals surface area (Å²) in [4.78, 5) is 51.7. The topological polar surface area (TPSA) is 163 Å². The molecule has 0 bridgehead atoms. The molecule has 1 N–H and O–H groups in total. The molecule has 2 atom stereocenters. The number of carbonyl (C=O) groups excluding carboxylic acids is 4.